The molecule has 3 aliphatic heterocycles. The van der Waals surface area contributed by atoms with Gasteiger partial charge in [0.25, 0.3) is 0 Å². The Morgan fingerprint density at radius 3 is 1.84 bits per heavy atom. The van der Waals surface area contributed by atoms with Gasteiger partial charge in [-0.2, -0.15) is 0 Å². The molecule has 0 radical (unpaired) electrons. The number of pyridine rings is 3. The third kappa shape index (κ3) is 1.61. The molecule has 3 aliphatic rings. The van der Waals surface area contributed by atoms with E-state index < -0.39 is 5.66 Å². The van der Waals surface area contributed by atoms with Gasteiger partial charge in [0.05, 0.1) is 27.1 Å². The molecule has 0 aliphatic carbocycles. The highest BCUT2D eigenvalue weighted by molar-refractivity contribution is 6.27. The summed E-state index contributed by atoms with van der Waals surface area (Å²) in [4.78, 5) is 4.88. The van der Waals surface area contributed by atoms with E-state index in [4.69, 9.17) is 9.72 Å². The van der Waals surface area contributed by atoms with Gasteiger partial charge in [0, 0.05) is 29.1 Å². The first kappa shape index (κ1) is 18.2. The number of hydrogen-bond acceptors (Lipinski definition) is 2. The standard InChI is InChI=1S/C34H17N3O/c1-2-7-19-18(6-1)20-11-13-25-29-27(20)32-22(19)9-4-16-36(32)34(29)30-26(38-25)14-12-24-28(30)33-23(10-5-17-37(33)34)21-8-3-15-35-31(21)24/h1-17H/q+2. The molecule has 0 fully saturated rings. The average molecular weight is 484 g/mol. The zero-order chi connectivity index (χ0) is 24.3. The molecule has 4 heteroatoms. The molecule has 5 aromatic carbocycles. The van der Waals surface area contributed by atoms with E-state index in [1.165, 1.54) is 70.6 Å². The zero-order valence-electron chi connectivity index (χ0n) is 20.1. The van der Waals surface area contributed by atoms with Gasteiger partial charge in [0.15, 0.2) is 23.5 Å². The van der Waals surface area contributed by atoms with Crippen LogP contribution in [-0.4, -0.2) is 4.98 Å². The summed E-state index contributed by atoms with van der Waals surface area (Å²) in [5, 5.41) is 11.2. The SMILES string of the molecule is c1ccc2c(c1)c1ccc3c4c1c1c2ccc[n+]1C41c2c(ccc4c5ncccc5c5ccc[n+]1c5c24)O3. The molecule has 1 unspecified atom stereocenters. The normalized spacial score (nSPS) is 17.8. The van der Waals surface area contributed by atoms with Crippen molar-refractivity contribution in [3.8, 4) is 11.5 Å². The lowest BCUT2D eigenvalue weighted by molar-refractivity contribution is -0.945. The van der Waals surface area contributed by atoms with Crippen molar-refractivity contribution in [2.24, 2.45) is 0 Å². The predicted molar refractivity (Wildman–Crippen MR) is 148 cm³/mol. The van der Waals surface area contributed by atoms with Gasteiger partial charge in [-0.1, -0.05) is 30.3 Å². The Labute approximate surface area is 215 Å². The molecule has 172 valence electrons. The van der Waals surface area contributed by atoms with Crippen LogP contribution in [0.5, 0.6) is 11.5 Å². The molecule has 1 atom stereocenters. The Morgan fingerprint density at radius 1 is 0.526 bits per heavy atom. The van der Waals surface area contributed by atoms with E-state index in [0.717, 1.165) is 17.0 Å². The first-order chi connectivity index (χ1) is 18.9. The fraction of sp³-hybridized carbons (Fsp3) is 0.0294. The van der Waals surface area contributed by atoms with Crippen LogP contribution in [0.15, 0.2) is 104 Å². The van der Waals surface area contributed by atoms with Gasteiger partial charge in [0.1, 0.15) is 11.5 Å². The van der Waals surface area contributed by atoms with Crippen molar-refractivity contribution < 1.29 is 13.9 Å². The maximum atomic E-state index is 6.78. The van der Waals surface area contributed by atoms with Crippen LogP contribution in [0.25, 0.3) is 65.0 Å². The minimum absolute atomic E-state index is 0.569. The Balaban J connectivity index is 1.51. The number of nitrogens with zero attached hydrogens (tertiary/aromatic N) is 3. The van der Waals surface area contributed by atoms with Crippen LogP contribution in [0.1, 0.15) is 11.1 Å². The summed E-state index contributed by atoms with van der Waals surface area (Å²) in [6.45, 7) is 0. The van der Waals surface area contributed by atoms with Crippen LogP contribution in [0.4, 0.5) is 0 Å². The number of hydrogen-bond donors (Lipinski definition) is 0. The second-order valence-corrected chi connectivity index (χ2v) is 10.7. The maximum Gasteiger partial charge on any atom is 0.425 e. The highest BCUT2D eigenvalue weighted by atomic mass is 16.5. The lowest BCUT2D eigenvalue weighted by Crippen LogP contribution is -2.72. The lowest BCUT2D eigenvalue weighted by atomic mass is 9.85. The second kappa shape index (κ2) is 5.58. The topological polar surface area (TPSA) is 29.9 Å². The third-order valence-electron chi connectivity index (χ3n) is 9.27. The molecule has 0 amide bonds. The number of fused-ring (bicyclic) bond motifs is 6. The molecule has 3 aromatic heterocycles. The number of ether oxygens (including phenoxy) is 1. The first-order valence-corrected chi connectivity index (χ1v) is 13.1. The molecule has 11 rings (SSSR count). The molecule has 0 N–H and O–H groups in total. The molecule has 8 aromatic rings. The van der Waals surface area contributed by atoms with Crippen LogP contribution in [0, 0.1) is 0 Å². The molecular formula is C34H17N3O+2. The molecule has 0 saturated carbocycles. The largest absolute Gasteiger partial charge is 0.456 e. The molecule has 0 bridgehead atoms. The number of aromatic nitrogens is 3. The molecule has 38 heavy (non-hydrogen) atoms. The predicted octanol–water partition coefficient (Wildman–Crippen LogP) is 6.61. The highest BCUT2D eigenvalue weighted by Gasteiger charge is 2.69. The van der Waals surface area contributed by atoms with Crippen molar-refractivity contribution >= 4 is 65.0 Å². The van der Waals surface area contributed by atoms with E-state index >= 15 is 0 Å². The lowest BCUT2D eigenvalue weighted by Gasteiger charge is -2.26. The average Bonchev–Trinajstić information content (AvgIpc) is 3.47. The highest BCUT2D eigenvalue weighted by Crippen LogP contribution is 2.58. The van der Waals surface area contributed by atoms with Crippen LogP contribution >= 0.6 is 0 Å². The summed E-state index contributed by atoms with van der Waals surface area (Å²) in [6, 6.07) is 30.7. The van der Waals surface area contributed by atoms with Crippen molar-refractivity contribution in [3.05, 3.63) is 115 Å². The van der Waals surface area contributed by atoms with Crippen molar-refractivity contribution in [1.82, 2.24) is 4.98 Å². The van der Waals surface area contributed by atoms with Gasteiger partial charge >= 0.3 is 5.66 Å². The fourth-order valence-corrected chi connectivity index (χ4v) is 8.08. The third-order valence-corrected chi connectivity index (χ3v) is 9.27. The van der Waals surface area contributed by atoms with Crippen LogP contribution in [0.2, 0.25) is 0 Å². The van der Waals surface area contributed by atoms with Crippen LogP contribution in [0.3, 0.4) is 0 Å². The summed E-state index contributed by atoms with van der Waals surface area (Å²) >= 11 is 0. The quantitative estimate of drug-likeness (QED) is 0.180. The van der Waals surface area contributed by atoms with Gasteiger partial charge in [-0.15, -0.1) is 9.13 Å². The van der Waals surface area contributed by atoms with Gasteiger partial charge in [-0.25, -0.2) is 0 Å². The van der Waals surface area contributed by atoms with Gasteiger partial charge < -0.3 is 4.74 Å². The minimum Gasteiger partial charge on any atom is -0.456 e. The summed E-state index contributed by atoms with van der Waals surface area (Å²) < 4.78 is 11.8. The summed E-state index contributed by atoms with van der Waals surface area (Å²) in [7, 11) is 0. The Bertz CT molecular complexity index is 2320. The zero-order valence-corrected chi connectivity index (χ0v) is 20.1. The maximum absolute atomic E-state index is 6.78. The van der Waals surface area contributed by atoms with Crippen LogP contribution in [-0.2, 0) is 5.66 Å². The summed E-state index contributed by atoms with van der Waals surface area (Å²) in [5.41, 5.74) is 5.45. The molecular weight excluding hydrogens is 466 g/mol. The Hall–Kier alpha value is -5.09. The van der Waals surface area contributed by atoms with Gasteiger partial charge in [-0.3, -0.25) is 4.98 Å². The van der Waals surface area contributed by atoms with E-state index in [0.29, 0.717) is 0 Å². The van der Waals surface area contributed by atoms with Crippen molar-refractivity contribution in [2.45, 2.75) is 5.66 Å². The summed E-state index contributed by atoms with van der Waals surface area (Å²) in [5.74, 6) is 1.86. The van der Waals surface area contributed by atoms with Crippen molar-refractivity contribution in [2.75, 3.05) is 0 Å². The van der Waals surface area contributed by atoms with Gasteiger partial charge in [0.2, 0.25) is 11.0 Å². The van der Waals surface area contributed by atoms with E-state index in [-0.39, 0.29) is 0 Å². The van der Waals surface area contributed by atoms with E-state index in [2.05, 4.69) is 100 Å². The number of benzene rings is 5. The van der Waals surface area contributed by atoms with Crippen molar-refractivity contribution in [3.63, 3.8) is 0 Å². The fourth-order valence-electron chi connectivity index (χ4n) is 8.08. The molecule has 6 heterocycles. The van der Waals surface area contributed by atoms with Gasteiger partial charge in [-0.05, 0) is 58.6 Å². The van der Waals surface area contributed by atoms with E-state index in [1.807, 2.05) is 12.3 Å². The Kier molecular flexibility index (Phi) is 2.67. The Morgan fingerprint density at radius 2 is 1.11 bits per heavy atom. The van der Waals surface area contributed by atoms with E-state index in [9.17, 15) is 0 Å². The molecule has 4 nitrogen and oxygen atoms in total. The first-order valence-electron chi connectivity index (χ1n) is 13.1. The monoisotopic (exact) mass is 483 g/mol. The van der Waals surface area contributed by atoms with Crippen LogP contribution < -0.4 is 13.9 Å². The summed E-state index contributed by atoms with van der Waals surface area (Å²) in [6.07, 6.45) is 6.43. The molecule has 1 spiro atoms. The second-order valence-electron chi connectivity index (χ2n) is 10.7. The van der Waals surface area contributed by atoms with E-state index in [1.54, 1.807) is 0 Å². The molecule has 0 saturated heterocycles. The van der Waals surface area contributed by atoms with Crippen molar-refractivity contribution in [1.29, 1.82) is 0 Å². The minimum atomic E-state index is -0.569. The smallest absolute Gasteiger partial charge is 0.425 e. The number of rotatable bonds is 0.